The van der Waals surface area contributed by atoms with Gasteiger partial charge in [-0.2, -0.15) is 0 Å². The molecule has 0 atom stereocenters. The van der Waals surface area contributed by atoms with E-state index in [2.05, 4.69) is 25.9 Å². The quantitative estimate of drug-likeness (QED) is 0.339. The average Bonchev–Trinajstić information content (AvgIpc) is 3.30. The zero-order valence-corrected chi connectivity index (χ0v) is 23.7. The van der Waals surface area contributed by atoms with E-state index in [1.165, 1.54) is 11.3 Å². The number of hydrogen-bond acceptors (Lipinski definition) is 8. The van der Waals surface area contributed by atoms with E-state index in [0.717, 1.165) is 11.1 Å². The minimum absolute atomic E-state index is 0.196. The number of nitrogens with one attached hydrogen (secondary N) is 3. The monoisotopic (exact) mass is 553 g/mol. The van der Waals surface area contributed by atoms with Gasteiger partial charge in [-0.3, -0.25) is 20.1 Å². The number of aromatic nitrogens is 2. The predicted octanol–water partition coefficient (Wildman–Crippen LogP) is 4.41. The van der Waals surface area contributed by atoms with Crippen LogP contribution >= 0.6 is 11.3 Å². The highest BCUT2D eigenvalue weighted by atomic mass is 32.1. The van der Waals surface area contributed by atoms with Crippen LogP contribution in [0.25, 0.3) is 0 Å². The third-order valence-corrected chi connectivity index (χ3v) is 6.02. The first-order valence-electron chi connectivity index (χ1n) is 12.4. The lowest BCUT2D eigenvalue weighted by molar-refractivity contribution is 0.0635. The summed E-state index contributed by atoms with van der Waals surface area (Å²) in [5.41, 5.74) is 2.19. The van der Waals surface area contributed by atoms with Gasteiger partial charge in [0.25, 0.3) is 5.91 Å². The normalized spacial score (nSPS) is 11.1. The Morgan fingerprint density at radius 3 is 2.26 bits per heavy atom. The zero-order valence-electron chi connectivity index (χ0n) is 22.9. The van der Waals surface area contributed by atoms with Crippen molar-refractivity contribution in [3.8, 4) is 0 Å². The number of thiophene rings is 1. The maximum Gasteiger partial charge on any atom is 0.412 e. The molecule has 3 aromatic rings. The van der Waals surface area contributed by atoms with Crippen LogP contribution < -0.4 is 16.0 Å². The molecule has 4 amide bonds. The van der Waals surface area contributed by atoms with Crippen LogP contribution in [-0.2, 0) is 17.8 Å². The first-order chi connectivity index (χ1) is 18.5. The highest BCUT2D eigenvalue weighted by Crippen LogP contribution is 2.27. The topological polar surface area (TPSA) is 129 Å². The van der Waals surface area contributed by atoms with Crippen LogP contribution in [-0.4, -0.2) is 70.6 Å². The average molecular weight is 554 g/mol. The molecule has 208 valence electrons. The molecule has 12 heteroatoms. The first-order valence-corrected chi connectivity index (χ1v) is 13.3. The van der Waals surface area contributed by atoms with Gasteiger partial charge in [0.05, 0.1) is 11.4 Å². The van der Waals surface area contributed by atoms with Gasteiger partial charge in [0, 0.05) is 55.5 Å². The Morgan fingerprint density at radius 2 is 1.64 bits per heavy atom. The van der Waals surface area contributed by atoms with Crippen molar-refractivity contribution in [1.82, 2.24) is 25.1 Å². The summed E-state index contributed by atoms with van der Waals surface area (Å²) in [4.78, 5) is 49.9. The van der Waals surface area contributed by atoms with Crippen LogP contribution in [0.3, 0.4) is 0 Å². The van der Waals surface area contributed by atoms with Gasteiger partial charge in [0.1, 0.15) is 11.3 Å². The summed E-state index contributed by atoms with van der Waals surface area (Å²) in [5, 5.41) is 11.8. The third-order valence-electron chi connectivity index (χ3n) is 5.27. The number of carbonyl (C=O) groups excluding carboxylic acids is 3. The Balaban J connectivity index is 1.61. The van der Waals surface area contributed by atoms with Gasteiger partial charge in [-0.25, -0.2) is 9.59 Å². The Labute approximate surface area is 232 Å². The molecule has 0 aliphatic heterocycles. The Kier molecular flexibility index (Phi) is 10.4. The van der Waals surface area contributed by atoms with Crippen molar-refractivity contribution in [3.63, 3.8) is 0 Å². The number of amides is 4. The second-order valence-corrected chi connectivity index (χ2v) is 10.8. The fourth-order valence-corrected chi connectivity index (χ4v) is 4.04. The van der Waals surface area contributed by atoms with Crippen molar-refractivity contribution < 1.29 is 19.1 Å². The summed E-state index contributed by atoms with van der Waals surface area (Å²) in [6, 6.07) is 6.89. The van der Waals surface area contributed by atoms with Gasteiger partial charge < -0.3 is 25.2 Å². The maximum atomic E-state index is 12.9. The molecule has 0 fully saturated rings. The van der Waals surface area contributed by atoms with Crippen LogP contribution in [0.5, 0.6) is 0 Å². The molecule has 3 heterocycles. The fraction of sp³-hybridized carbons (Fsp3) is 0.370. The van der Waals surface area contributed by atoms with Crippen LogP contribution in [0.4, 0.5) is 21.0 Å². The Morgan fingerprint density at radius 1 is 0.949 bits per heavy atom. The zero-order chi connectivity index (χ0) is 28.4. The Bertz CT molecular complexity index is 1240. The number of nitrogens with zero attached hydrogens (tertiary/aromatic N) is 4. The molecule has 0 aliphatic carbocycles. The minimum Gasteiger partial charge on any atom is -0.444 e. The van der Waals surface area contributed by atoms with Crippen molar-refractivity contribution in [2.75, 3.05) is 37.8 Å². The van der Waals surface area contributed by atoms with Crippen molar-refractivity contribution in [2.45, 2.75) is 39.5 Å². The smallest absolute Gasteiger partial charge is 0.412 e. The van der Waals surface area contributed by atoms with Crippen molar-refractivity contribution in [1.29, 1.82) is 0 Å². The second kappa shape index (κ2) is 13.7. The number of carbonyl (C=O) groups is 3. The molecule has 0 bridgehead atoms. The summed E-state index contributed by atoms with van der Waals surface area (Å²) in [5.74, 6) is -0.424. The first kappa shape index (κ1) is 29.5. The summed E-state index contributed by atoms with van der Waals surface area (Å²) in [6.45, 7) is 7.25. The number of likely N-dealkylation sites (N-methyl/N-ethyl adjacent to an activating group) is 1. The number of rotatable bonds is 10. The fourth-order valence-electron chi connectivity index (χ4n) is 3.33. The summed E-state index contributed by atoms with van der Waals surface area (Å²) in [6.07, 6.45) is 4.35. The molecule has 0 spiro atoms. The highest BCUT2D eigenvalue weighted by Gasteiger charge is 2.19. The number of anilines is 2. The van der Waals surface area contributed by atoms with Gasteiger partial charge in [0.2, 0.25) is 0 Å². The molecule has 0 saturated heterocycles. The number of pyridine rings is 2. The summed E-state index contributed by atoms with van der Waals surface area (Å²) < 4.78 is 5.28. The lowest BCUT2D eigenvalue weighted by Crippen LogP contribution is -2.42. The van der Waals surface area contributed by atoms with Gasteiger partial charge in [-0.1, -0.05) is 6.07 Å². The standard InChI is InChI=1S/C27H35N7O4S/c1-27(2,3)38-26(37)32-23-18-39-17-22(23)31-24(35)21-7-6-20(15-29-21)16-34(13-12-33(4)5)25(36)30-14-19-8-10-28-11-9-19/h6-11,15,17-18H,12-14,16H2,1-5H3,(H,30,36)(H,31,35)(H,32,37). The molecule has 0 saturated carbocycles. The molecule has 3 aromatic heterocycles. The lowest BCUT2D eigenvalue weighted by atomic mass is 10.2. The summed E-state index contributed by atoms with van der Waals surface area (Å²) >= 11 is 1.33. The maximum absolute atomic E-state index is 12.9. The molecule has 0 unspecified atom stereocenters. The van der Waals surface area contributed by atoms with Gasteiger partial charge >= 0.3 is 12.1 Å². The molecule has 11 nitrogen and oxygen atoms in total. The van der Waals surface area contributed by atoms with Gasteiger partial charge in [-0.05, 0) is 64.2 Å². The third kappa shape index (κ3) is 9.98. The van der Waals surface area contributed by atoms with E-state index in [1.54, 1.807) is 67.2 Å². The van der Waals surface area contributed by atoms with Gasteiger partial charge in [-0.15, -0.1) is 11.3 Å². The largest absolute Gasteiger partial charge is 0.444 e. The van der Waals surface area contributed by atoms with Crippen molar-refractivity contribution >= 4 is 40.7 Å². The minimum atomic E-state index is -0.641. The number of hydrogen-bond donors (Lipinski definition) is 3. The van der Waals surface area contributed by atoms with Crippen LogP contribution in [0, 0.1) is 0 Å². The van der Waals surface area contributed by atoms with E-state index in [0.29, 0.717) is 37.6 Å². The second-order valence-electron chi connectivity index (χ2n) is 10.1. The van der Waals surface area contributed by atoms with Crippen LogP contribution in [0.2, 0.25) is 0 Å². The van der Waals surface area contributed by atoms with Crippen LogP contribution in [0.1, 0.15) is 42.4 Å². The molecule has 0 radical (unpaired) electrons. The van der Waals surface area contributed by atoms with Gasteiger partial charge in [0.15, 0.2) is 0 Å². The number of ether oxygens (including phenoxy) is 1. The summed E-state index contributed by atoms with van der Waals surface area (Å²) in [7, 11) is 3.90. The van der Waals surface area contributed by atoms with E-state index in [-0.39, 0.29) is 11.7 Å². The molecule has 0 aliphatic rings. The van der Waals surface area contributed by atoms with E-state index in [4.69, 9.17) is 4.74 Å². The molecule has 0 aromatic carbocycles. The highest BCUT2D eigenvalue weighted by molar-refractivity contribution is 7.09. The molecular formula is C27H35N7O4S. The van der Waals surface area contributed by atoms with Crippen molar-refractivity contribution in [3.05, 3.63) is 70.4 Å². The van der Waals surface area contributed by atoms with E-state index in [9.17, 15) is 14.4 Å². The number of urea groups is 1. The Hall–Kier alpha value is -4.03. The molecule has 39 heavy (non-hydrogen) atoms. The lowest BCUT2D eigenvalue weighted by Gasteiger charge is -2.25. The predicted molar refractivity (Wildman–Crippen MR) is 152 cm³/mol. The van der Waals surface area contributed by atoms with Crippen molar-refractivity contribution in [2.24, 2.45) is 0 Å². The molecule has 3 rings (SSSR count). The molecule has 3 N–H and O–H groups in total. The SMILES string of the molecule is CN(C)CCN(Cc1ccc(C(=O)Nc2cscc2NC(=O)OC(C)(C)C)nc1)C(=O)NCc1ccncc1. The van der Waals surface area contributed by atoms with E-state index in [1.807, 2.05) is 31.1 Å². The molecular weight excluding hydrogens is 518 g/mol. The van der Waals surface area contributed by atoms with E-state index < -0.39 is 17.6 Å². The van der Waals surface area contributed by atoms with E-state index >= 15 is 0 Å². The van der Waals surface area contributed by atoms with Crippen LogP contribution in [0.15, 0.2) is 53.6 Å².